The van der Waals surface area contributed by atoms with Crippen molar-refractivity contribution in [2.45, 2.75) is 26.7 Å². The minimum Gasteiger partial charge on any atom is -0.481 e. The second kappa shape index (κ2) is 5.62. The number of aryl methyl sites for hydroxylation is 1. The van der Waals surface area contributed by atoms with E-state index in [-0.39, 0.29) is 0 Å². The Morgan fingerprint density at radius 3 is 2.53 bits per heavy atom. The number of halogens is 1. The van der Waals surface area contributed by atoms with Gasteiger partial charge in [-0.15, -0.1) is 0 Å². The van der Waals surface area contributed by atoms with Crippen molar-refractivity contribution in [3.8, 4) is 17.0 Å². The average molecular weight is 276 g/mol. The second-order valence-electron chi connectivity index (χ2n) is 4.93. The van der Waals surface area contributed by atoms with Crippen LogP contribution >= 0.6 is 11.6 Å². The Balaban J connectivity index is 2.66. The van der Waals surface area contributed by atoms with Gasteiger partial charge in [0, 0.05) is 17.3 Å². The molecule has 0 aliphatic carbocycles. The van der Waals surface area contributed by atoms with Crippen LogP contribution < -0.4 is 4.74 Å². The van der Waals surface area contributed by atoms with Gasteiger partial charge in [-0.3, -0.25) is 0 Å². The van der Waals surface area contributed by atoms with Gasteiger partial charge in [0.1, 0.15) is 0 Å². The second-order valence-corrected chi connectivity index (χ2v) is 5.36. The first-order chi connectivity index (χ1) is 9.02. The lowest BCUT2D eigenvalue weighted by Gasteiger charge is -2.15. The summed E-state index contributed by atoms with van der Waals surface area (Å²) in [6.07, 6.45) is 1.83. The lowest BCUT2D eigenvalue weighted by atomic mass is 9.91. The highest BCUT2D eigenvalue weighted by atomic mass is 35.5. The van der Waals surface area contributed by atoms with Crippen LogP contribution in [0.1, 0.15) is 30.9 Å². The summed E-state index contributed by atoms with van der Waals surface area (Å²) in [7, 11) is 1.63. The fourth-order valence-electron chi connectivity index (χ4n) is 2.17. The molecule has 3 heteroatoms. The van der Waals surface area contributed by atoms with Crippen molar-refractivity contribution in [2.24, 2.45) is 0 Å². The molecule has 2 aromatic rings. The molecule has 1 aromatic carbocycles. The molecule has 0 aliphatic rings. The first-order valence-electron chi connectivity index (χ1n) is 6.33. The Kier molecular flexibility index (Phi) is 4.11. The molecule has 0 saturated carbocycles. The highest BCUT2D eigenvalue weighted by molar-refractivity contribution is 6.30. The molecule has 1 heterocycles. The van der Waals surface area contributed by atoms with Crippen LogP contribution in [0.25, 0.3) is 11.1 Å². The summed E-state index contributed by atoms with van der Waals surface area (Å²) in [6, 6.07) is 8.01. The van der Waals surface area contributed by atoms with Gasteiger partial charge in [0.15, 0.2) is 0 Å². The molecule has 0 atom stereocenters. The van der Waals surface area contributed by atoms with Gasteiger partial charge in [-0.2, -0.15) is 0 Å². The standard InChI is InChI=1S/C16H18ClNO/c1-10(2)13-6-5-12(17)7-15(13)14-8-16(19-4)18-9-11(14)3/h5-10H,1-4H3. The van der Waals surface area contributed by atoms with E-state index in [0.29, 0.717) is 11.8 Å². The van der Waals surface area contributed by atoms with Crippen molar-refractivity contribution in [3.63, 3.8) is 0 Å². The number of nitrogens with zero attached hydrogens (tertiary/aromatic N) is 1. The molecule has 0 spiro atoms. The van der Waals surface area contributed by atoms with Gasteiger partial charge in [-0.25, -0.2) is 4.98 Å². The summed E-state index contributed by atoms with van der Waals surface area (Å²) >= 11 is 6.15. The number of pyridine rings is 1. The zero-order valence-electron chi connectivity index (χ0n) is 11.7. The summed E-state index contributed by atoms with van der Waals surface area (Å²) in [4.78, 5) is 4.22. The smallest absolute Gasteiger partial charge is 0.213 e. The average Bonchev–Trinajstić information content (AvgIpc) is 2.38. The first kappa shape index (κ1) is 13.9. The normalized spacial score (nSPS) is 10.8. The largest absolute Gasteiger partial charge is 0.481 e. The summed E-state index contributed by atoms with van der Waals surface area (Å²) in [5.74, 6) is 1.06. The summed E-state index contributed by atoms with van der Waals surface area (Å²) in [5.41, 5.74) is 4.67. The Morgan fingerprint density at radius 2 is 1.89 bits per heavy atom. The minimum atomic E-state index is 0.436. The molecule has 0 aliphatic heterocycles. The quantitative estimate of drug-likeness (QED) is 0.799. The van der Waals surface area contributed by atoms with E-state index < -0.39 is 0 Å². The molecule has 0 saturated heterocycles. The molecule has 2 nitrogen and oxygen atoms in total. The third-order valence-corrected chi connectivity index (χ3v) is 3.45. The zero-order chi connectivity index (χ0) is 14.0. The van der Waals surface area contributed by atoms with Gasteiger partial charge in [0.2, 0.25) is 5.88 Å². The Labute approximate surface area is 119 Å². The fourth-order valence-corrected chi connectivity index (χ4v) is 2.34. The number of aromatic nitrogens is 1. The maximum atomic E-state index is 6.15. The van der Waals surface area contributed by atoms with Gasteiger partial charge < -0.3 is 4.74 Å². The van der Waals surface area contributed by atoms with Gasteiger partial charge in [0.05, 0.1) is 7.11 Å². The van der Waals surface area contributed by atoms with E-state index in [9.17, 15) is 0 Å². The SMILES string of the molecule is COc1cc(-c2cc(Cl)ccc2C(C)C)c(C)cn1. The van der Waals surface area contributed by atoms with E-state index in [1.165, 1.54) is 5.56 Å². The molecule has 0 bridgehead atoms. The van der Waals surface area contributed by atoms with Gasteiger partial charge in [-0.05, 0) is 47.2 Å². The lowest BCUT2D eigenvalue weighted by molar-refractivity contribution is 0.398. The minimum absolute atomic E-state index is 0.436. The Morgan fingerprint density at radius 1 is 1.16 bits per heavy atom. The number of hydrogen-bond acceptors (Lipinski definition) is 2. The molecule has 0 fully saturated rings. The predicted octanol–water partition coefficient (Wildman–Crippen LogP) is 4.84. The molecule has 0 N–H and O–H groups in total. The number of ether oxygens (including phenoxy) is 1. The molecule has 100 valence electrons. The third-order valence-electron chi connectivity index (χ3n) is 3.21. The first-order valence-corrected chi connectivity index (χ1v) is 6.71. The van der Waals surface area contributed by atoms with Crippen molar-refractivity contribution in [2.75, 3.05) is 7.11 Å². The van der Waals surface area contributed by atoms with Crippen molar-refractivity contribution in [1.29, 1.82) is 0 Å². The number of methoxy groups -OCH3 is 1. The summed E-state index contributed by atoms with van der Waals surface area (Å²) < 4.78 is 5.22. The Bertz CT molecular complexity index is 593. The van der Waals surface area contributed by atoms with Crippen LogP contribution in [0.3, 0.4) is 0 Å². The predicted molar refractivity (Wildman–Crippen MR) is 80.1 cm³/mol. The Hall–Kier alpha value is -1.54. The number of benzene rings is 1. The van der Waals surface area contributed by atoms with E-state index in [0.717, 1.165) is 21.7 Å². The van der Waals surface area contributed by atoms with Gasteiger partial charge in [-0.1, -0.05) is 31.5 Å². The molecular weight excluding hydrogens is 258 g/mol. The van der Waals surface area contributed by atoms with Crippen LogP contribution in [0.2, 0.25) is 5.02 Å². The highest BCUT2D eigenvalue weighted by Gasteiger charge is 2.12. The van der Waals surface area contributed by atoms with E-state index in [1.54, 1.807) is 7.11 Å². The van der Waals surface area contributed by atoms with E-state index >= 15 is 0 Å². The van der Waals surface area contributed by atoms with Crippen LogP contribution in [0.15, 0.2) is 30.5 Å². The highest BCUT2D eigenvalue weighted by Crippen LogP contribution is 2.34. The molecule has 19 heavy (non-hydrogen) atoms. The van der Waals surface area contributed by atoms with Crippen LogP contribution in [-0.2, 0) is 0 Å². The van der Waals surface area contributed by atoms with Gasteiger partial charge >= 0.3 is 0 Å². The fraction of sp³-hybridized carbons (Fsp3) is 0.312. The van der Waals surface area contributed by atoms with E-state index in [4.69, 9.17) is 16.3 Å². The monoisotopic (exact) mass is 275 g/mol. The van der Waals surface area contributed by atoms with Crippen molar-refractivity contribution in [3.05, 3.63) is 46.6 Å². The van der Waals surface area contributed by atoms with Crippen LogP contribution in [0, 0.1) is 6.92 Å². The number of hydrogen-bond donors (Lipinski definition) is 0. The maximum absolute atomic E-state index is 6.15. The number of rotatable bonds is 3. The van der Waals surface area contributed by atoms with Crippen molar-refractivity contribution < 1.29 is 4.74 Å². The summed E-state index contributed by atoms with van der Waals surface area (Å²) in [6.45, 7) is 6.41. The molecule has 2 rings (SSSR count). The van der Waals surface area contributed by atoms with Gasteiger partial charge in [0.25, 0.3) is 0 Å². The van der Waals surface area contributed by atoms with E-state index in [1.807, 2.05) is 31.3 Å². The summed E-state index contributed by atoms with van der Waals surface area (Å²) in [5, 5.41) is 0.745. The topological polar surface area (TPSA) is 22.1 Å². The molecule has 0 radical (unpaired) electrons. The molecule has 0 unspecified atom stereocenters. The van der Waals surface area contributed by atoms with E-state index in [2.05, 4.69) is 24.9 Å². The molecule has 0 amide bonds. The third kappa shape index (κ3) is 2.90. The molecule has 1 aromatic heterocycles. The van der Waals surface area contributed by atoms with Crippen molar-refractivity contribution >= 4 is 11.6 Å². The van der Waals surface area contributed by atoms with Crippen LogP contribution in [0.4, 0.5) is 0 Å². The van der Waals surface area contributed by atoms with Crippen LogP contribution in [-0.4, -0.2) is 12.1 Å². The van der Waals surface area contributed by atoms with Crippen LogP contribution in [0.5, 0.6) is 5.88 Å². The van der Waals surface area contributed by atoms with Crippen molar-refractivity contribution in [1.82, 2.24) is 4.98 Å². The maximum Gasteiger partial charge on any atom is 0.213 e. The molecular formula is C16H18ClNO. The lowest BCUT2D eigenvalue weighted by Crippen LogP contribution is -1.96. The zero-order valence-corrected chi connectivity index (χ0v) is 12.5.